The van der Waals surface area contributed by atoms with E-state index in [-0.39, 0.29) is 0 Å². The van der Waals surface area contributed by atoms with Crippen LogP contribution in [0.2, 0.25) is 0 Å². The molecule has 0 unspecified atom stereocenters. The Morgan fingerprint density at radius 2 is 1.82 bits per heavy atom. The fourth-order valence-electron chi connectivity index (χ4n) is 2.97. The van der Waals surface area contributed by atoms with E-state index in [0.29, 0.717) is 13.2 Å². The maximum absolute atomic E-state index is 10.2. The van der Waals surface area contributed by atoms with Crippen molar-refractivity contribution in [3.63, 3.8) is 0 Å². The molecule has 1 atom stereocenters. The van der Waals surface area contributed by atoms with Crippen molar-refractivity contribution in [2.24, 2.45) is 0 Å². The molecule has 2 aromatic carbocycles. The summed E-state index contributed by atoms with van der Waals surface area (Å²) in [6, 6.07) is 16.5. The van der Waals surface area contributed by atoms with Crippen LogP contribution in [0, 0.1) is 6.92 Å². The third kappa shape index (κ3) is 3.67. The van der Waals surface area contributed by atoms with Gasteiger partial charge in [0.15, 0.2) is 0 Å². The minimum Gasteiger partial charge on any atom is -0.491 e. The van der Waals surface area contributed by atoms with Gasteiger partial charge in [0.1, 0.15) is 18.5 Å². The smallest absolute Gasteiger partial charge is 0.122 e. The van der Waals surface area contributed by atoms with E-state index in [1.165, 1.54) is 11.1 Å². The van der Waals surface area contributed by atoms with E-state index in [1.54, 1.807) is 0 Å². The zero-order valence-corrected chi connectivity index (χ0v) is 13.0. The van der Waals surface area contributed by atoms with Gasteiger partial charge < -0.3 is 9.84 Å². The van der Waals surface area contributed by atoms with Crippen molar-refractivity contribution in [1.29, 1.82) is 0 Å². The van der Waals surface area contributed by atoms with Gasteiger partial charge in [-0.15, -0.1) is 0 Å². The summed E-state index contributed by atoms with van der Waals surface area (Å²) >= 11 is 0. The summed E-state index contributed by atoms with van der Waals surface area (Å²) in [4.78, 5) is 2.30. The van der Waals surface area contributed by atoms with Crippen LogP contribution < -0.4 is 4.74 Å². The Morgan fingerprint density at radius 3 is 2.64 bits per heavy atom. The Morgan fingerprint density at radius 1 is 1.09 bits per heavy atom. The number of aliphatic hydroxyl groups is 1. The van der Waals surface area contributed by atoms with Crippen LogP contribution in [0.25, 0.3) is 0 Å². The van der Waals surface area contributed by atoms with Crippen LogP contribution in [-0.2, 0) is 13.0 Å². The van der Waals surface area contributed by atoms with Crippen molar-refractivity contribution in [2.75, 3.05) is 19.7 Å². The summed E-state index contributed by atoms with van der Waals surface area (Å²) in [6.07, 6.45) is 0.589. The number of aliphatic hydroxyl groups excluding tert-OH is 1. The van der Waals surface area contributed by atoms with Crippen molar-refractivity contribution in [3.05, 3.63) is 65.2 Å². The summed E-state index contributed by atoms with van der Waals surface area (Å²) < 4.78 is 5.73. The number of para-hydroxylation sites is 1. The molecule has 0 aliphatic carbocycles. The van der Waals surface area contributed by atoms with Crippen LogP contribution in [0.1, 0.15) is 16.7 Å². The number of fused-ring (bicyclic) bond motifs is 1. The molecule has 0 saturated carbocycles. The van der Waals surface area contributed by atoms with Gasteiger partial charge in [0.05, 0.1) is 0 Å². The molecule has 0 radical (unpaired) electrons. The molecule has 1 heterocycles. The number of β-amino-alcohol motifs (C(OH)–C–C–N with tert-alkyl or cyclic N) is 1. The molecule has 22 heavy (non-hydrogen) atoms. The first-order valence-corrected chi connectivity index (χ1v) is 7.88. The number of aryl methyl sites for hydroxylation is 1. The van der Waals surface area contributed by atoms with Crippen molar-refractivity contribution in [2.45, 2.75) is 26.0 Å². The summed E-state index contributed by atoms with van der Waals surface area (Å²) in [7, 11) is 0. The number of rotatable bonds is 5. The molecule has 1 aliphatic rings. The molecule has 2 aromatic rings. The highest BCUT2D eigenvalue weighted by Crippen LogP contribution is 2.19. The minimum absolute atomic E-state index is 0.336. The van der Waals surface area contributed by atoms with Gasteiger partial charge in [0.25, 0.3) is 0 Å². The number of hydrogen-bond acceptors (Lipinski definition) is 3. The number of hydrogen-bond donors (Lipinski definition) is 1. The molecular weight excluding hydrogens is 274 g/mol. The molecule has 0 fully saturated rings. The second kappa shape index (κ2) is 6.95. The van der Waals surface area contributed by atoms with Crippen LogP contribution in [0.15, 0.2) is 48.5 Å². The molecule has 0 spiro atoms. The number of benzene rings is 2. The number of ether oxygens (including phenoxy) is 1. The fourth-order valence-corrected chi connectivity index (χ4v) is 2.97. The third-order valence-corrected chi connectivity index (χ3v) is 4.20. The molecule has 0 amide bonds. The van der Waals surface area contributed by atoms with E-state index < -0.39 is 6.10 Å². The molecular formula is C19H23NO2. The molecule has 1 N–H and O–H groups in total. The Hall–Kier alpha value is -1.84. The van der Waals surface area contributed by atoms with E-state index in [0.717, 1.165) is 30.8 Å². The van der Waals surface area contributed by atoms with Gasteiger partial charge in [-0.05, 0) is 36.1 Å². The van der Waals surface area contributed by atoms with E-state index in [9.17, 15) is 5.11 Å². The van der Waals surface area contributed by atoms with Crippen molar-refractivity contribution >= 4 is 0 Å². The lowest BCUT2D eigenvalue weighted by atomic mass is 10.00. The van der Waals surface area contributed by atoms with E-state index in [4.69, 9.17) is 4.74 Å². The largest absolute Gasteiger partial charge is 0.491 e. The summed E-state index contributed by atoms with van der Waals surface area (Å²) in [5, 5.41) is 10.2. The average Bonchev–Trinajstić information content (AvgIpc) is 2.54. The van der Waals surface area contributed by atoms with Crippen LogP contribution in [0.3, 0.4) is 0 Å². The SMILES string of the molecule is Cc1ccccc1OC[C@@H](O)CN1CCc2ccccc2C1. The van der Waals surface area contributed by atoms with E-state index >= 15 is 0 Å². The van der Waals surface area contributed by atoms with Crippen molar-refractivity contribution in [3.8, 4) is 5.75 Å². The van der Waals surface area contributed by atoms with Gasteiger partial charge in [-0.1, -0.05) is 42.5 Å². The molecule has 0 bridgehead atoms. The molecule has 1 aliphatic heterocycles. The highest BCUT2D eigenvalue weighted by Gasteiger charge is 2.18. The molecule has 3 rings (SSSR count). The monoisotopic (exact) mass is 297 g/mol. The maximum atomic E-state index is 10.2. The molecule has 3 nitrogen and oxygen atoms in total. The zero-order valence-electron chi connectivity index (χ0n) is 13.0. The standard InChI is InChI=1S/C19H23NO2/c1-15-6-2-5-9-19(15)22-14-18(21)13-20-11-10-16-7-3-4-8-17(16)12-20/h2-9,18,21H,10-14H2,1H3/t18-/m0/s1. The Bertz CT molecular complexity index is 626. The van der Waals surface area contributed by atoms with Crippen LogP contribution in [0.5, 0.6) is 5.75 Å². The molecule has 0 aromatic heterocycles. The molecule has 3 heteroatoms. The van der Waals surface area contributed by atoms with Gasteiger partial charge in [-0.25, -0.2) is 0 Å². The Kier molecular flexibility index (Phi) is 4.76. The van der Waals surface area contributed by atoms with Gasteiger partial charge in [-0.2, -0.15) is 0 Å². The third-order valence-electron chi connectivity index (χ3n) is 4.20. The van der Waals surface area contributed by atoms with Gasteiger partial charge >= 0.3 is 0 Å². The molecule has 116 valence electrons. The Balaban J connectivity index is 1.51. The van der Waals surface area contributed by atoms with Gasteiger partial charge in [-0.3, -0.25) is 4.90 Å². The highest BCUT2D eigenvalue weighted by molar-refractivity contribution is 5.31. The summed E-state index contributed by atoms with van der Waals surface area (Å²) in [5.74, 6) is 0.852. The molecule has 0 saturated heterocycles. The predicted molar refractivity (Wildman–Crippen MR) is 88.1 cm³/mol. The second-order valence-electron chi connectivity index (χ2n) is 5.98. The lowest BCUT2D eigenvalue weighted by molar-refractivity contribution is 0.0635. The topological polar surface area (TPSA) is 32.7 Å². The normalized spacial score (nSPS) is 16.1. The minimum atomic E-state index is -0.468. The summed E-state index contributed by atoms with van der Waals surface area (Å²) in [6.45, 7) is 4.92. The van der Waals surface area contributed by atoms with E-state index in [1.807, 2.05) is 31.2 Å². The zero-order chi connectivity index (χ0) is 15.4. The predicted octanol–water partition coefficient (Wildman–Crippen LogP) is 2.79. The lowest BCUT2D eigenvalue weighted by Crippen LogP contribution is -2.38. The van der Waals surface area contributed by atoms with Crippen LogP contribution >= 0.6 is 0 Å². The van der Waals surface area contributed by atoms with Crippen LogP contribution in [0.4, 0.5) is 0 Å². The first-order chi connectivity index (χ1) is 10.7. The average molecular weight is 297 g/mol. The lowest BCUT2D eigenvalue weighted by Gasteiger charge is -2.30. The quantitative estimate of drug-likeness (QED) is 0.921. The Labute approximate surface area is 132 Å². The maximum Gasteiger partial charge on any atom is 0.122 e. The number of nitrogens with zero attached hydrogens (tertiary/aromatic N) is 1. The van der Waals surface area contributed by atoms with E-state index in [2.05, 4.69) is 29.2 Å². The van der Waals surface area contributed by atoms with Crippen molar-refractivity contribution in [1.82, 2.24) is 4.90 Å². The second-order valence-corrected chi connectivity index (χ2v) is 5.98. The fraction of sp³-hybridized carbons (Fsp3) is 0.368. The first kappa shape index (κ1) is 15.1. The summed E-state index contributed by atoms with van der Waals surface area (Å²) in [5.41, 5.74) is 3.91. The van der Waals surface area contributed by atoms with Gasteiger partial charge in [0.2, 0.25) is 0 Å². The van der Waals surface area contributed by atoms with Crippen molar-refractivity contribution < 1.29 is 9.84 Å². The highest BCUT2D eigenvalue weighted by atomic mass is 16.5. The van der Waals surface area contributed by atoms with Crippen LogP contribution in [-0.4, -0.2) is 35.8 Å². The van der Waals surface area contributed by atoms with Gasteiger partial charge in [0, 0.05) is 19.6 Å². The first-order valence-electron chi connectivity index (χ1n) is 7.88.